The molecule has 1 aromatic heterocycles. The topological polar surface area (TPSA) is 70.8 Å². The molecule has 1 unspecified atom stereocenters. The second kappa shape index (κ2) is 8.40. The number of aliphatic carboxylic acids is 1. The van der Waals surface area contributed by atoms with Crippen molar-refractivity contribution in [3.05, 3.63) is 48.0 Å². The zero-order chi connectivity index (χ0) is 18.5. The molecule has 1 atom stereocenters. The Balaban J connectivity index is 1.61. The van der Waals surface area contributed by atoms with Crippen molar-refractivity contribution < 1.29 is 23.5 Å². The average Bonchev–Trinajstić information content (AvgIpc) is 3.09. The van der Waals surface area contributed by atoms with Gasteiger partial charge in [0.15, 0.2) is 0 Å². The van der Waals surface area contributed by atoms with E-state index in [-0.39, 0.29) is 30.6 Å². The highest BCUT2D eigenvalue weighted by atomic mass is 32.2. The summed E-state index contributed by atoms with van der Waals surface area (Å²) in [7, 11) is 0. The van der Waals surface area contributed by atoms with Crippen molar-refractivity contribution in [3.63, 3.8) is 0 Å². The van der Waals surface area contributed by atoms with E-state index >= 15 is 0 Å². The van der Waals surface area contributed by atoms with Gasteiger partial charge >= 0.3 is 5.97 Å². The van der Waals surface area contributed by atoms with Crippen LogP contribution in [0.5, 0.6) is 0 Å². The molecule has 1 saturated heterocycles. The number of furan rings is 1. The number of aryl methyl sites for hydroxylation is 1. The molecule has 26 heavy (non-hydrogen) atoms. The molecule has 5 nitrogen and oxygen atoms in total. The molecule has 0 saturated carbocycles. The largest absolute Gasteiger partial charge is 0.481 e. The number of thioether (sulfide) groups is 1. The van der Waals surface area contributed by atoms with Crippen LogP contribution in [0, 0.1) is 5.82 Å². The van der Waals surface area contributed by atoms with Crippen LogP contribution in [0.2, 0.25) is 0 Å². The number of halogens is 1. The van der Waals surface area contributed by atoms with E-state index in [4.69, 9.17) is 9.52 Å². The normalized spacial score (nSPS) is 17.3. The minimum absolute atomic E-state index is 0.0308. The fourth-order valence-electron chi connectivity index (χ4n) is 3.05. The van der Waals surface area contributed by atoms with E-state index < -0.39 is 5.97 Å². The molecule has 138 valence electrons. The van der Waals surface area contributed by atoms with Crippen LogP contribution in [0.3, 0.4) is 0 Å². The first-order chi connectivity index (χ1) is 12.5. The second-order valence-corrected chi connectivity index (χ2v) is 7.31. The van der Waals surface area contributed by atoms with Crippen LogP contribution in [-0.4, -0.2) is 46.0 Å². The molecule has 2 aromatic rings. The number of carbonyl (C=O) groups is 2. The lowest BCUT2D eigenvalue weighted by atomic mass is 10.1. The third-order valence-corrected chi connectivity index (χ3v) is 5.44. The molecule has 1 aromatic carbocycles. The number of carbonyl (C=O) groups excluding carboxylic acids is 1. The van der Waals surface area contributed by atoms with Crippen molar-refractivity contribution in [3.8, 4) is 11.3 Å². The van der Waals surface area contributed by atoms with Gasteiger partial charge < -0.3 is 14.4 Å². The van der Waals surface area contributed by atoms with Gasteiger partial charge in [-0.3, -0.25) is 9.59 Å². The van der Waals surface area contributed by atoms with Gasteiger partial charge in [-0.1, -0.05) is 12.1 Å². The van der Waals surface area contributed by atoms with Crippen molar-refractivity contribution in [2.24, 2.45) is 0 Å². The Hall–Kier alpha value is -2.28. The highest BCUT2D eigenvalue weighted by molar-refractivity contribution is 7.99. The summed E-state index contributed by atoms with van der Waals surface area (Å²) in [5.74, 6) is 1.19. The van der Waals surface area contributed by atoms with Crippen LogP contribution in [0.25, 0.3) is 11.3 Å². The van der Waals surface area contributed by atoms with Gasteiger partial charge in [-0.15, -0.1) is 0 Å². The number of rotatable bonds is 6. The summed E-state index contributed by atoms with van der Waals surface area (Å²) in [6, 6.07) is 9.55. The van der Waals surface area contributed by atoms with Crippen LogP contribution in [-0.2, 0) is 16.0 Å². The Bertz CT molecular complexity index is 791. The number of nitrogens with zero attached hydrogens (tertiary/aromatic N) is 1. The van der Waals surface area contributed by atoms with E-state index in [1.54, 1.807) is 47.0 Å². The average molecular weight is 377 g/mol. The smallest absolute Gasteiger partial charge is 0.305 e. The SMILES string of the molecule is O=C(O)CC1CSCCN1C(=O)CCc1ccc(-c2ccccc2F)o1. The summed E-state index contributed by atoms with van der Waals surface area (Å²) >= 11 is 1.67. The maximum atomic E-state index is 13.8. The summed E-state index contributed by atoms with van der Waals surface area (Å²) in [5.41, 5.74) is 0.389. The van der Waals surface area contributed by atoms with Gasteiger partial charge in [0.1, 0.15) is 17.3 Å². The molecule has 1 fully saturated rings. The third-order valence-electron chi connectivity index (χ3n) is 4.34. The molecule has 0 radical (unpaired) electrons. The summed E-state index contributed by atoms with van der Waals surface area (Å²) in [6.45, 7) is 0.570. The molecule has 7 heteroatoms. The van der Waals surface area contributed by atoms with E-state index in [0.717, 1.165) is 5.75 Å². The number of amides is 1. The Morgan fingerprint density at radius 2 is 2.08 bits per heavy atom. The predicted octanol–water partition coefficient (Wildman–Crippen LogP) is 3.44. The summed E-state index contributed by atoms with van der Waals surface area (Å²) < 4.78 is 19.5. The van der Waals surface area contributed by atoms with Gasteiger partial charge in [-0.25, -0.2) is 4.39 Å². The van der Waals surface area contributed by atoms with E-state index in [1.165, 1.54) is 6.07 Å². The predicted molar refractivity (Wildman–Crippen MR) is 97.5 cm³/mol. The van der Waals surface area contributed by atoms with Crippen LogP contribution in [0.1, 0.15) is 18.6 Å². The van der Waals surface area contributed by atoms with Crippen molar-refractivity contribution in [1.29, 1.82) is 0 Å². The molecule has 1 aliphatic rings. The quantitative estimate of drug-likeness (QED) is 0.835. The molecule has 1 N–H and O–H groups in total. The fraction of sp³-hybridized carbons (Fsp3) is 0.368. The van der Waals surface area contributed by atoms with E-state index in [9.17, 15) is 14.0 Å². The van der Waals surface area contributed by atoms with Crippen LogP contribution < -0.4 is 0 Å². The van der Waals surface area contributed by atoms with Gasteiger partial charge in [0.2, 0.25) is 5.91 Å². The maximum absolute atomic E-state index is 13.8. The number of carboxylic acid groups (broad SMARTS) is 1. The van der Waals surface area contributed by atoms with Gasteiger partial charge in [-0.05, 0) is 24.3 Å². The first-order valence-corrected chi connectivity index (χ1v) is 9.62. The first kappa shape index (κ1) is 18.5. The highest BCUT2D eigenvalue weighted by Gasteiger charge is 2.28. The molecule has 0 bridgehead atoms. The molecule has 3 rings (SSSR count). The van der Waals surface area contributed by atoms with Crippen molar-refractivity contribution in [2.75, 3.05) is 18.1 Å². The Morgan fingerprint density at radius 3 is 2.85 bits per heavy atom. The fourth-order valence-corrected chi connectivity index (χ4v) is 4.11. The molecular formula is C19H20FNO4S. The van der Waals surface area contributed by atoms with Crippen LogP contribution in [0.4, 0.5) is 4.39 Å². The van der Waals surface area contributed by atoms with Crippen molar-refractivity contribution in [2.45, 2.75) is 25.3 Å². The summed E-state index contributed by atoms with van der Waals surface area (Å²) in [4.78, 5) is 25.2. The standard InChI is InChI=1S/C19H20FNO4S/c20-16-4-2-1-3-15(16)17-7-5-14(25-17)6-8-18(22)21-9-10-26-12-13(21)11-19(23)24/h1-5,7,13H,6,8-12H2,(H,23,24). The lowest BCUT2D eigenvalue weighted by molar-refractivity contribution is -0.140. The van der Waals surface area contributed by atoms with Gasteiger partial charge in [0.05, 0.1) is 18.0 Å². The minimum atomic E-state index is -0.893. The van der Waals surface area contributed by atoms with Gasteiger partial charge in [0.25, 0.3) is 0 Å². The van der Waals surface area contributed by atoms with Crippen molar-refractivity contribution >= 4 is 23.6 Å². The molecule has 1 amide bonds. The second-order valence-electron chi connectivity index (χ2n) is 6.16. The lowest BCUT2D eigenvalue weighted by Gasteiger charge is -2.34. The molecule has 2 heterocycles. The molecule has 0 aliphatic carbocycles. The zero-order valence-electron chi connectivity index (χ0n) is 14.2. The number of hydrogen-bond acceptors (Lipinski definition) is 4. The lowest BCUT2D eigenvalue weighted by Crippen LogP contribution is -2.47. The third kappa shape index (κ3) is 4.46. The van der Waals surface area contributed by atoms with Crippen LogP contribution in [0.15, 0.2) is 40.8 Å². The van der Waals surface area contributed by atoms with E-state index in [1.807, 2.05) is 0 Å². The Kier molecular flexibility index (Phi) is 5.98. The highest BCUT2D eigenvalue weighted by Crippen LogP contribution is 2.26. The van der Waals surface area contributed by atoms with Gasteiger partial charge in [0, 0.05) is 30.9 Å². The number of hydrogen-bond donors (Lipinski definition) is 1. The number of carboxylic acids is 1. The first-order valence-electron chi connectivity index (χ1n) is 8.47. The molecular weight excluding hydrogens is 357 g/mol. The maximum Gasteiger partial charge on any atom is 0.305 e. The van der Waals surface area contributed by atoms with E-state index in [2.05, 4.69) is 0 Å². The zero-order valence-corrected chi connectivity index (χ0v) is 15.0. The monoisotopic (exact) mass is 377 g/mol. The van der Waals surface area contributed by atoms with Crippen LogP contribution >= 0.6 is 11.8 Å². The Labute approximate surface area is 155 Å². The number of benzene rings is 1. The summed E-state index contributed by atoms with van der Waals surface area (Å²) in [6.07, 6.45) is 0.610. The van der Waals surface area contributed by atoms with Crippen molar-refractivity contribution in [1.82, 2.24) is 4.90 Å². The van der Waals surface area contributed by atoms with E-state index in [0.29, 0.717) is 35.8 Å². The minimum Gasteiger partial charge on any atom is -0.481 e. The van der Waals surface area contributed by atoms with Gasteiger partial charge in [-0.2, -0.15) is 11.8 Å². The summed E-state index contributed by atoms with van der Waals surface area (Å²) in [5, 5.41) is 9.01. The molecule has 0 spiro atoms. The molecule has 1 aliphatic heterocycles. The Morgan fingerprint density at radius 1 is 1.27 bits per heavy atom.